The van der Waals surface area contributed by atoms with E-state index in [0.29, 0.717) is 11.8 Å². The maximum Gasteiger partial charge on any atom is 0.434 e. The van der Waals surface area contributed by atoms with Gasteiger partial charge in [-0.1, -0.05) is 6.42 Å². The third kappa shape index (κ3) is 3.92. The highest BCUT2D eigenvalue weighted by molar-refractivity contribution is 8.24. The number of fused-ring (bicyclic) bond motifs is 2. The summed E-state index contributed by atoms with van der Waals surface area (Å²) >= 11 is 0. The van der Waals surface area contributed by atoms with Crippen LogP contribution >= 0.6 is 10.6 Å². The van der Waals surface area contributed by atoms with Crippen LogP contribution in [0.4, 0.5) is 19.1 Å². The SMILES string of the molecule is O=C(c1cnc(N[C@@H]2C[C@@H]3CC[C@@H]2C3)nc1C(F)(F)F)N1CCS(O)(O)CC1. The third-order valence-electron chi connectivity index (χ3n) is 6.00. The molecular weight excluding hydrogens is 397 g/mol. The molecule has 2 bridgehead atoms. The lowest BCUT2D eigenvalue weighted by molar-refractivity contribution is -0.141. The predicted molar refractivity (Wildman–Crippen MR) is 98.4 cm³/mol. The predicted octanol–water partition coefficient (Wildman–Crippen LogP) is 3.30. The molecule has 4 rings (SSSR count). The summed E-state index contributed by atoms with van der Waals surface area (Å²) in [6.45, 7) is -0.0206. The molecule has 1 aliphatic heterocycles. The zero-order valence-corrected chi connectivity index (χ0v) is 16.0. The van der Waals surface area contributed by atoms with E-state index in [9.17, 15) is 27.1 Å². The zero-order valence-electron chi connectivity index (χ0n) is 15.2. The van der Waals surface area contributed by atoms with Gasteiger partial charge < -0.3 is 10.2 Å². The summed E-state index contributed by atoms with van der Waals surface area (Å²) in [7, 11) is -2.75. The van der Waals surface area contributed by atoms with Gasteiger partial charge in [0.2, 0.25) is 5.95 Å². The van der Waals surface area contributed by atoms with E-state index in [1.807, 2.05) is 0 Å². The van der Waals surface area contributed by atoms with Gasteiger partial charge in [-0.25, -0.2) is 9.97 Å². The number of rotatable bonds is 3. The molecule has 0 spiro atoms. The molecule has 0 aromatic carbocycles. The van der Waals surface area contributed by atoms with Crippen molar-refractivity contribution in [3.05, 3.63) is 17.5 Å². The number of hydrogen-bond donors (Lipinski definition) is 3. The zero-order chi connectivity index (χ0) is 20.1. The summed E-state index contributed by atoms with van der Waals surface area (Å²) in [6, 6.07) is 0.0775. The second-order valence-electron chi connectivity index (χ2n) is 7.88. The van der Waals surface area contributed by atoms with Gasteiger partial charge in [-0.2, -0.15) is 23.8 Å². The number of nitrogens with one attached hydrogen (secondary N) is 1. The Kier molecular flexibility index (Phi) is 4.95. The Bertz CT molecular complexity index is 767. The van der Waals surface area contributed by atoms with E-state index in [1.165, 1.54) is 11.3 Å². The summed E-state index contributed by atoms with van der Waals surface area (Å²) in [5.41, 5.74) is -1.86. The molecule has 2 saturated carbocycles. The van der Waals surface area contributed by atoms with Crippen LogP contribution < -0.4 is 5.32 Å². The first-order valence-electron chi connectivity index (χ1n) is 9.36. The van der Waals surface area contributed by atoms with Gasteiger partial charge in [0.25, 0.3) is 5.91 Å². The highest BCUT2D eigenvalue weighted by Gasteiger charge is 2.42. The van der Waals surface area contributed by atoms with E-state index in [4.69, 9.17) is 0 Å². The number of anilines is 1. The van der Waals surface area contributed by atoms with Gasteiger partial charge in [-0.3, -0.25) is 13.9 Å². The van der Waals surface area contributed by atoms with Gasteiger partial charge in [0.05, 0.1) is 17.1 Å². The summed E-state index contributed by atoms with van der Waals surface area (Å²) in [5.74, 6) is 0.0486. The van der Waals surface area contributed by atoms with Gasteiger partial charge in [-0.05, 0) is 31.1 Å². The lowest BCUT2D eigenvalue weighted by atomic mass is 9.95. The van der Waals surface area contributed by atoms with Crippen LogP contribution in [0.1, 0.15) is 41.7 Å². The molecule has 3 N–H and O–H groups in total. The molecule has 0 radical (unpaired) electrons. The van der Waals surface area contributed by atoms with E-state index in [2.05, 4.69) is 15.3 Å². The summed E-state index contributed by atoms with van der Waals surface area (Å²) < 4.78 is 60.0. The maximum atomic E-state index is 13.6. The standard InChI is InChI=1S/C17H23F3N4O3S/c18-17(19,20)14-12(15(25)24-3-5-28(26,27)6-4-24)9-21-16(23-14)22-13-8-10-1-2-11(13)7-10/h9-11,13,26-27H,1-8H2,(H,21,22,23)/t10-,11-,13-/m1/s1. The average Bonchev–Trinajstić information content (AvgIpc) is 3.23. The average molecular weight is 420 g/mol. The maximum absolute atomic E-state index is 13.6. The van der Waals surface area contributed by atoms with Gasteiger partial charge in [0, 0.05) is 25.3 Å². The number of carbonyl (C=O) groups excluding carboxylic acids is 1. The van der Waals surface area contributed by atoms with Crippen LogP contribution in [0.3, 0.4) is 0 Å². The number of amides is 1. The molecule has 3 fully saturated rings. The van der Waals surface area contributed by atoms with Crippen molar-refractivity contribution in [3.63, 3.8) is 0 Å². The Balaban J connectivity index is 1.54. The molecule has 11 heteroatoms. The van der Waals surface area contributed by atoms with Crippen molar-refractivity contribution >= 4 is 22.4 Å². The number of hydrogen-bond acceptors (Lipinski definition) is 6. The van der Waals surface area contributed by atoms with Crippen LogP contribution in [0.15, 0.2) is 6.20 Å². The highest BCUT2D eigenvalue weighted by Crippen LogP contribution is 2.45. The quantitative estimate of drug-likeness (QED) is 0.694. The molecule has 7 nitrogen and oxygen atoms in total. The Morgan fingerprint density at radius 2 is 1.93 bits per heavy atom. The molecule has 3 atom stereocenters. The molecule has 3 aliphatic rings. The van der Waals surface area contributed by atoms with Crippen molar-refractivity contribution in [1.82, 2.24) is 14.9 Å². The monoisotopic (exact) mass is 420 g/mol. The lowest BCUT2D eigenvalue weighted by Gasteiger charge is -2.41. The van der Waals surface area contributed by atoms with Crippen LogP contribution in [0.25, 0.3) is 0 Å². The first-order chi connectivity index (χ1) is 13.1. The second-order valence-corrected chi connectivity index (χ2v) is 10.3. The molecule has 1 amide bonds. The number of alkyl halides is 3. The van der Waals surface area contributed by atoms with Crippen molar-refractivity contribution < 1.29 is 27.1 Å². The molecule has 2 heterocycles. The topological polar surface area (TPSA) is 98.6 Å². The van der Waals surface area contributed by atoms with Crippen LogP contribution in [-0.4, -0.2) is 60.5 Å². The highest BCUT2D eigenvalue weighted by atomic mass is 32.3. The van der Waals surface area contributed by atoms with Crippen molar-refractivity contribution in [2.45, 2.75) is 37.9 Å². The van der Waals surface area contributed by atoms with Crippen LogP contribution in [0.2, 0.25) is 0 Å². The third-order valence-corrected chi connectivity index (χ3v) is 7.68. The van der Waals surface area contributed by atoms with Gasteiger partial charge in [-0.15, -0.1) is 0 Å². The van der Waals surface area contributed by atoms with Crippen molar-refractivity contribution in [1.29, 1.82) is 0 Å². The lowest BCUT2D eigenvalue weighted by Crippen LogP contribution is -2.43. The first-order valence-corrected chi connectivity index (χ1v) is 11.2. The van der Waals surface area contributed by atoms with Crippen LogP contribution in [0, 0.1) is 11.8 Å². The van der Waals surface area contributed by atoms with Gasteiger partial charge in [0.1, 0.15) is 0 Å². The van der Waals surface area contributed by atoms with E-state index in [-0.39, 0.29) is 36.6 Å². The molecular formula is C17H23F3N4O3S. The van der Waals surface area contributed by atoms with E-state index >= 15 is 0 Å². The molecule has 28 heavy (non-hydrogen) atoms. The second kappa shape index (κ2) is 7.03. The van der Waals surface area contributed by atoms with Crippen molar-refractivity contribution in [3.8, 4) is 0 Å². The Labute approximate surface area is 162 Å². The smallest absolute Gasteiger partial charge is 0.351 e. The van der Waals surface area contributed by atoms with Crippen LogP contribution in [0.5, 0.6) is 0 Å². The summed E-state index contributed by atoms with van der Waals surface area (Å²) in [5, 5.41) is 3.03. The Hall–Kier alpha value is -1.59. The van der Waals surface area contributed by atoms with E-state index in [0.717, 1.165) is 25.5 Å². The Morgan fingerprint density at radius 1 is 1.21 bits per heavy atom. The summed E-state index contributed by atoms with van der Waals surface area (Å²) in [6.07, 6.45) is 0.382. The minimum Gasteiger partial charge on any atom is -0.351 e. The fourth-order valence-electron chi connectivity index (χ4n) is 4.51. The number of nitrogens with zero attached hydrogens (tertiary/aromatic N) is 3. The number of aromatic nitrogens is 2. The van der Waals surface area contributed by atoms with E-state index < -0.39 is 33.9 Å². The molecule has 156 valence electrons. The minimum absolute atomic E-state index is 0.0103. The molecule has 1 aromatic rings. The van der Waals surface area contributed by atoms with Crippen molar-refractivity contribution in [2.75, 3.05) is 29.9 Å². The molecule has 1 aromatic heterocycles. The number of halogens is 3. The Morgan fingerprint density at radius 3 is 2.50 bits per heavy atom. The molecule has 0 unspecified atom stereocenters. The summed E-state index contributed by atoms with van der Waals surface area (Å²) in [4.78, 5) is 21.4. The van der Waals surface area contributed by atoms with Gasteiger partial charge in [0.15, 0.2) is 5.69 Å². The van der Waals surface area contributed by atoms with Gasteiger partial charge >= 0.3 is 6.18 Å². The van der Waals surface area contributed by atoms with Crippen molar-refractivity contribution in [2.24, 2.45) is 11.8 Å². The molecule has 1 saturated heterocycles. The first kappa shape index (κ1) is 19.7. The largest absolute Gasteiger partial charge is 0.434 e. The van der Waals surface area contributed by atoms with Crippen LogP contribution in [-0.2, 0) is 6.18 Å². The fourth-order valence-corrected chi connectivity index (χ4v) is 5.74. The fraction of sp³-hybridized carbons (Fsp3) is 0.706. The van der Waals surface area contributed by atoms with E-state index in [1.54, 1.807) is 0 Å². The number of carbonyl (C=O) groups is 1. The minimum atomic E-state index is -4.79. The molecule has 2 aliphatic carbocycles. The normalized spacial score (nSPS) is 30.3.